The van der Waals surface area contributed by atoms with E-state index in [2.05, 4.69) is 37.5 Å². The first kappa shape index (κ1) is 15.3. The average Bonchev–Trinajstić information content (AvgIpc) is 2.93. The molecular weight excluding hydrogens is 346 g/mol. The summed E-state index contributed by atoms with van der Waals surface area (Å²) in [6, 6.07) is 4.07. The number of anilines is 1. The molecule has 2 atom stereocenters. The van der Waals surface area contributed by atoms with E-state index < -0.39 is 0 Å². The number of aromatic amines is 1. The summed E-state index contributed by atoms with van der Waals surface area (Å²) < 4.78 is 6.49. The van der Waals surface area contributed by atoms with Gasteiger partial charge in [0.25, 0.3) is 0 Å². The number of esters is 1. The minimum Gasteiger partial charge on any atom is -0.462 e. The summed E-state index contributed by atoms with van der Waals surface area (Å²) in [7, 11) is 0. The topological polar surface area (TPSA) is 67.0 Å². The van der Waals surface area contributed by atoms with E-state index in [9.17, 15) is 4.79 Å². The summed E-state index contributed by atoms with van der Waals surface area (Å²) in [5, 5.41) is 11.7. The monoisotopic (exact) mass is 365 g/mol. The zero-order valence-electron chi connectivity index (χ0n) is 12.6. The van der Waals surface area contributed by atoms with Gasteiger partial charge in [-0.3, -0.25) is 9.89 Å². The lowest BCUT2D eigenvalue weighted by atomic mass is 9.86. The number of aromatic nitrogens is 2. The molecule has 1 aliphatic rings. The molecule has 0 saturated heterocycles. The Bertz CT molecular complexity index is 670. The predicted octanol–water partition coefficient (Wildman–Crippen LogP) is 3.86. The third-order valence-electron chi connectivity index (χ3n) is 4.23. The quantitative estimate of drug-likeness (QED) is 0.807. The van der Waals surface area contributed by atoms with Crippen molar-refractivity contribution in [3.63, 3.8) is 0 Å². The maximum atomic E-state index is 11.3. The van der Waals surface area contributed by atoms with Gasteiger partial charge in [-0.15, -0.1) is 0 Å². The van der Waals surface area contributed by atoms with E-state index in [-0.39, 0.29) is 12.1 Å². The highest BCUT2D eigenvalue weighted by molar-refractivity contribution is 9.10. The second-order valence-electron chi connectivity index (χ2n) is 5.86. The van der Waals surface area contributed by atoms with Crippen LogP contribution in [0.1, 0.15) is 32.6 Å². The van der Waals surface area contributed by atoms with Gasteiger partial charge in [0.05, 0.1) is 11.7 Å². The predicted molar refractivity (Wildman–Crippen MR) is 89.8 cm³/mol. The van der Waals surface area contributed by atoms with E-state index in [1.54, 1.807) is 0 Å². The third kappa shape index (κ3) is 3.43. The molecule has 0 bridgehead atoms. The molecule has 1 aromatic carbocycles. The third-order valence-corrected chi connectivity index (χ3v) is 4.69. The molecule has 0 unspecified atom stereocenters. The Balaban J connectivity index is 1.72. The molecule has 1 saturated carbocycles. The van der Waals surface area contributed by atoms with Crippen LogP contribution in [0, 0.1) is 5.92 Å². The van der Waals surface area contributed by atoms with Crippen LogP contribution in [-0.2, 0) is 9.53 Å². The van der Waals surface area contributed by atoms with Crippen molar-refractivity contribution in [2.45, 2.75) is 38.7 Å². The van der Waals surface area contributed by atoms with Gasteiger partial charge in [0.15, 0.2) is 0 Å². The van der Waals surface area contributed by atoms with Crippen LogP contribution < -0.4 is 5.32 Å². The van der Waals surface area contributed by atoms with Crippen molar-refractivity contribution in [2.24, 2.45) is 5.92 Å². The van der Waals surface area contributed by atoms with Crippen LogP contribution in [-0.4, -0.2) is 28.8 Å². The van der Waals surface area contributed by atoms with Gasteiger partial charge in [0, 0.05) is 34.9 Å². The Morgan fingerprint density at radius 2 is 2.27 bits per heavy atom. The summed E-state index contributed by atoms with van der Waals surface area (Å²) in [4.78, 5) is 11.3. The number of rotatable bonds is 4. The molecule has 0 spiro atoms. The maximum absolute atomic E-state index is 11.3. The van der Waals surface area contributed by atoms with Crippen LogP contribution >= 0.6 is 15.9 Å². The second-order valence-corrected chi connectivity index (χ2v) is 6.77. The highest BCUT2D eigenvalue weighted by Gasteiger charge is 2.27. The SMILES string of the molecule is CC(=O)O[C@@H]1CCCC[C@H]1CNc1cc(Br)cc2[nH]ncc12. The molecule has 1 heterocycles. The van der Waals surface area contributed by atoms with Crippen molar-refractivity contribution in [1.82, 2.24) is 10.2 Å². The Hall–Kier alpha value is -1.56. The lowest BCUT2D eigenvalue weighted by Crippen LogP contribution is -2.34. The van der Waals surface area contributed by atoms with Crippen molar-refractivity contribution in [3.05, 3.63) is 22.8 Å². The van der Waals surface area contributed by atoms with Crippen LogP contribution in [0.4, 0.5) is 5.69 Å². The number of carbonyl (C=O) groups is 1. The lowest BCUT2D eigenvalue weighted by molar-refractivity contribution is -0.150. The number of hydrogen-bond acceptors (Lipinski definition) is 4. The van der Waals surface area contributed by atoms with Gasteiger partial charge >= 0.3 is 5.97 Å². The zero-order chi connectivity index (χ0) is 15.5. The highest BCUT2D eigenvalue weighted by atomic mass is 79.9. The Labute approximate surface area is 137 Å². The summed E-state index contributed by atoms with van der Waals surface area (Å²) in [6.07, 6.45) is 6.25. The van der Waals surface area contributed by atoms with E-state index in [0.717, 1.165) is 46.9 Å². The second kappa shape index (κ2) is 6.69. The van der Waals surface area contributed by atoms with Crippen LogP contribution in [0.25, 0.3) is 10.9 Å². The van der Waals surface area contributed by atoms with Crippen molar-refractivity contribution in [1.29, 1.82) is 0 Å². The molecular formula is C16H20BrN3O2. The first-order valence-corrected chi connectivity index (χ1v) is 8.46. The van der Waals surface area contributed by atoms with Crippen LogP contribution in [0.5, 0.6) is 0 Å². The summed E-state index contributed by atoms with van der Waals surface area (Å²) in [5.41, 5.74) is 2.04. The molecule has 1 aromatic heterocycles. The molecule has 3 rings (SSSR count). The maximum Gasteiger partial charge on any atom is 0.302 e. The number of hydrogen-bond donors (Lipinski definition) is 2. The number of fused-ring (bicyclic) bond motifs is 1. The van der Waals surface area contributed by atoms with Gasteiger partial charge < -0.3 is 10.1 Å². The number of H-pyrrole nitrogens is 1. The highest BCUT2D eigenvalue weighted by Crippen LogP contribution is 2.30. The van der Waals surface area contributed by atoms with E-state index >= 15 is 0 Å². The molecule has 1 aliphatic carbocycles. The summed E-state index contributed by atoms with van der Waals surface area (Å²) in [5.74, 6) is 0.176. The minimum atomic E-state index is -0.184. The lowest BCUT2D eigenvalue weighted by Gasteiger charge is -2.31. The number of nitrogens with zero attached hydrogens (tertiary/aromatic N) is 1. The molecule has 2 aromatic rings. The molecule has 0 radical (unpaired) electrons. The fourth-order valence-corrected chi connectivity index (χ4v) is 3.64. The normalized spacial score (nSPS) is 21.7. The Morgan fingerprint density at radius 1 is 1.45 bits per heavy atom. The van der Waals surface area contributed by atoms with E-state index in [1.807, 2.05) is 12.3 Å². The standard InChI is InChI=1S/C16H20BrN3O2/c1-10(21)22-16-5-3-2-4-11(16)8-18-14-6-12(17)7-15-13(14)9-19-20-15/h6-7,9,11,16,18H,2-5,8H2,1H3,(H,19,20)/t11-,16+/m0/s1. The first-order chi connectivity index (χ1) is 10.6. The molecule has 118 valence electrons. The molecule has 0 aliphatic heterocycles. The molecule has 1 fully saturated rings. The molecule has 6 heteroatoms. The van der Waals surface area contributed by atoms with E-state index in [0.29, 0.717) is 5.92 Å². The number of nitrogens with one attached hydrogen (secondary N) is 2. The number of halogens is 1. The Kier molecular flexibility index (Phi) is 4.66. The smallest absolute Gasteiger partial charge is 0.302 e. The van der Waals surface area contributed by atoms with Gasteiger partial charge in [0.1, 0.15) is 6.10 Å². The minimum absolute atomic E-state index is 0.0331. The summed E-state index contributed by atoms with van der Waals surface area (Å²) in [6.45, 7) is 2.29. The largest absolute Gasteiger partial charge is 0.462 e. The van der Waals surface area contributed by atoms with Crippen molar-refractivity contribution >= 4 is 38.5 Å². The van der Waals surface area contributed by atoms with E-state index in [1.165, 1.54) is 13.3 Å². The first-order valence-electron chi connectivity index (χ1n) is 7.67. The van der Waals surface area contributed by atoms with Crippen LogP contribution in [0.3, 0.4) is 0 Å². The van der Waals surface area contributed by atoms with Crippen molar-refractivity contribution in [2.75, 3.05) is 11.9 Å². The number of benzene rings is 1. The molecule has 22 heavy (non-hydrogen) atoms. The number of ether oxygens (including phenoxy) is 1. The van der Waals surface area contributed by atoms with Gasteiger partial charge in [-0.25, -0.2) is 0 Å². The fourth-order valence-electron chi connectivity index (χ4n) is 3.18. The number of carbonyl (C=O) groups excluding carboxylic acids is 1. The fraction of sp³-hybridized carbons (Fsp3) is 0.500. The van der Waals surface area contributed by atoms with Gasteiger partial charge in [0.2, 0.25) is 0 Å². The summed E-state index contributed by atoms with van der Waals surface area (Å²) >= 11 is 3.52. The van der Waals surface area contributed by atoms with E-state index in [4.69, 9.17) is 4.74 Å². The average molecular weight is 366 g/mol. The van der Waals surface area contributed by atoms with Gasteiger partial charge in [-0.05, 0) is 31.4 Å². The molecule has 5 nitrogen and oxygen atoms in total. The molecule has 0 amide bonds. The zero-order valence-corrected chi connectivity index (χ0v) is 14.1. The van der Waals surface area contributed by atoms with Gasteiger partial charge in [-0.1, -0.05) is 22.4 Å². The van der Waals surface area contributed by atoms with Crippen LogP contribution in [0.2, 0.25) is 0 Å². The van der Waals surface area contributed by atoms with Gasteiger partial charge in [-0.2, -0.15) is 5.10 Å². The Morgan fingerprint density at radius 3 is 3.09 bits per heavy atom. The van der Waals surface area contributed by atoms with Crippen LogP contribution in [0.15, 0.2) is 22.8 Å². The van der Waals surface area contributed by atoms with Crippen molar-refractivity contribution in [3.8, 4) is 0 Å². The van der Waals surface area contributed by atoms with Crippen molar-refractivity contribution < 1.29 is 9.53 Å². The molecule has 2 N–H and O–H groups in total.